The summed E-state index contributed by atoms with van der Waals surface area (Å²) in [6.45, 7) is 2.10. The highest BCUT2D eigenvalue weighted by Gasteiger charge is 2.18. The highest BCUT2D eigenvalue weighted by molar-refractivity contribution is 9.10. The average Bonchev–Trinajstić information content (AvgIpc) is 3.06. The first-order chi connectivity index (χ1) is 11.2. The van der Waals surface area contributed by atoms with Crippen molar-refractivity contribution in [2.75, 3.05) is 7.11 Å². The molecule has 0 amide bonds. The fourth-order valence-electron chi connectivity index (χ4n) is 2.42. The molecule has 1 atom stereocenters. The second-order valence-corrected chi connectivity index (χ2v) is 5.89. The zero-order valence-corrected chi connectivity index (χ0v) is 14.4. The number of ether oxygens (including phenoxy) is 1. The fourth-order valence-corrected chi connectivity index (χ4v) is 2.75. The molecule has 0 fully saturated rings. The van der Waals surface area contributed by atoms with Crippen molar-refractivity contribution in [2.24, 2.45) is 0 Å². The Labute approximate surface area is 142 Å². The first kappa shape index (κ1) is 15.6. The molecule has 0 bridgehead atoms. The highest BCUT2D eigenvalue weighted by Crippen LogP contribution is 2.28. The summed E-state index contributed by atoms with van der Waals surface area (Å²) in [5.41, 5.74) is 1.86. The summed E-state index contributed by atoms with van der Waals surface area (Å²) in [4.78, 5) is 5.86. The molecule has 23 heavy (non-hydrogen) atoms. The van der Waals surface area contributed by atoms with E-state index in [1.165, 1.54) is 0 Å². The molecule has 2 aromatic heterocycles. The van der Waals surface area contributed by atoms with E-state index in [0.717, 1.165) is 16.5 Å². The number of methoxy groups -OCH3 is 1. The number of pyridine rings is 1. The minimum Gasteiger partial charge on any atom is -0.480 e. The molecule has 0 N–H and O–H groups in total. The summed E-state index contributed by atoms with van der Waals surface area (Å²) in [5.74, 6) is 0.963. The van der Waals surface area contributed by atoms with Crippen molar-refractivity contribution < 1.29 is 4.74 Å². The van der Waals surface area contributed by atoms with E-state index in [0.29, 0.717) is 17.3 Å². The summed E-state index contributed by atoms with van der Waals surface area (Å²) in [5, 5.41) is 12.9. The Kier molecular flexibility index (Phi) is 4.66. The number of nitrogens with zero attached hydrogens (tertiary/aromatic N) is 5. The number of hydrogen-bond acceptors (Lipinski definition) is 5. The minimum atomic E-state index is 0.0450. The molecule has 3 rings (SSSR count). The van der Waals surface area contributed by atoms with Gasteiger partial charge >= 0.3 is 0 Å². The van der Waals surface area contributed by atoms with Crippen molar-refractivity contribution in [3.63, 3.8) is 0 Å². The molecule has 3 aromatic rings. The van der Waals surface area contributed by atoms with Gasteiger partial charge in [0.1, 0.15) is 0 Å². The van der Waals surface area contributed by atoms with E-state index in [-0.39, 0.29) is 6.04 Å². The Balaban J connectivity index is 1.99. The highest BCUT2D eigenvalue weighted by atomic mass is 79.9. The fraction of sp³-hybridized carbons (Fsp3) is 0.250. The lowest BCUT2D eigenvalue weighted by Crippen LogP contribution is -2.13. The molecule has 0 aliphatic rings. The summed E-state index contributed by atoms with van der Waals surface area (Å²) >= 11 is 3.41. The van der Waals surface area contributed by atoms with Gasteiger partial charge in [0.15, 0.2) is 0 Å². The van der Waals surface area contributed by atoms with Crippen LogP contribution in [-0.2, 0) is 0 Å². The lowest BCUT2D eigenvalue weighted by Gasteiger charge is -2.13. The molecular formula is C16H16BrN5O. The van der Waals surface area contributed by atoms with Crippen LogP contribution in [0.5, 0.6) is 5.88 Å². The van der Waals surface area contributed by atoms with Crippen molar-refractivity contribution in [3.05, 3.63) is 52.6 Å². The summed E-state index contributed by atoms with van der Waals surface area (Å²) in [7, 11) is 1.57. The largest absolute Gasteiger partial charge is 0.480 e. The summed E-state index contributed by atoms with van der Waals surface area (Å²) in [6.07, 6.45) is 2.54. The predicted octanol–water partition coefficient (Wildman–Crippen LogP) is 3.51. The molecule has 118 valence electrons. The van der Waals surface area contributed by atoms with E-state index in [2.05, 4.69) is 55.4 Å². The Morgan fingerprint density at radius 2 is 2.04 bits per heavy atom. The van der Waals surface area contributed by atoms with E-state index >= 15 is 0 Å². The van der Waals surface area contributed by atoms with Crippen molar-refractivity contribution in [1.29, 1.82) is 0 Å². The lowest BCUT2D eigenvalue weighted by atomic mass is 10.1. The van der Waals surface area contributed by atoms with Gasteiger partial charge in [-0.3, -0.25) is 0 Å². The van der Waals surface area contributed by atoms with Crippen LogP contribution in [0.3, 0.4) is 0 Å². The molecular weight excluding hydrogens is 358 g/mol. The molecule has 0 spiro atoms. The lowest BCUT2D eigenvalue weighted by molar-refractivity contribution is 0.399. The van der Waals surface area contributed by atoms with Gasteiger partial charge < -0.3 is 4.74 Å². The maximum atomic E-state index is 5.29. The van der Waals surface area contributed by atoms with Crippen LogP contribution in [0.1, 0.15) is 24.9 Å². The third kappa shape index (κ3) is 3.24. The zero-order chi connectivity index (χ0) is 16.2. The maximum absolute atomic E-state index is 5.29. The van der Waals surface area contributed by atoms with Gasteiger partial charge in [0.2, 0.25) is 11.7 Å². The van der Waals surface area contributed by atoms with Gasteiger partial charge in [-0.05, 0) is 39.2 Å². The van der Waals surface area contributed by atoms with E-state index in [1.807, 2.05) is 24.3 Å². The number of tetrazole rings is 1. The number of aromatic nitrogens is 5. The molecule has 2 heterocycles. The number of hydrogen-bond donors (Lipinski definition) is 0. The molecule has 0 saturated heterocycles. The number of halogens is 1. The Hall–Kier alpha value is -2.28. The maximum Gasteiger partial charge on any atom is 0.224 e. The molecule has 7 heteroatoms. The third-order valence-electron chi connectivity index (χ3n) is 3.53. The van der Waals surface area contributed by atoms with Crippen molar-refractivity contribution in [2.45, 2.75) is 19.4 Å². The van der Waals surface area contributed by atoms with Gasteiger partial charge in [0, 0.05) is 10.7 Å². The second kappa shape index (κ2) is 6.87. The van der Waals surface area contributed by atoms with Crippen LogP contribution in [0.4, 0.5) is 0 Å². The van der Waals surface area contributed by atoms with Crippen LogP contribution in [-0.4, -0.2) is 32.3 Å². The summed E-state index contributed by atoms with van der Waals surface area (Å²) < 4.78 is 6.12. The van der Waals surface area contributed by atoms with Gasteiger partial charge in [-0.2, -0.15) is 4.80 Å². The van der Waals surface area contributed by atoms with Gasteiger partial charge in [0.05, 0.1) is 18.7 Å². The molecule has 6 nitrogen and oxygen atoms in total. The number of rotatable bonds is 5. The van der Waals surface area contributed by atoms with Crippen molar-refractivity contribution in [1.82, 2.24) is 25.2 Å². The summed E-state index contributed by atoms with van der Waals surface area (Å²) in [6, 6.07) is 12.1. The molecule has 0 radical (unpaired) electrons. The van der Waals surface area contributed by atoms with Crippen molar-refractivity contribution in [3.8, 4) is 17.3 Å². The van der Waals surface area contributed by atoms with Gasteiger partial charge in [-0.15, -0.1) is 10.2 Å². The topological polar surface area (TPSA) is 65.7 Å². The smallest absolute Gasteiger partial charge is 0.224 e. The Bertz CT molecular complexity index is 790. The minimum absolute atomic E-state index is 0.0450. The van der Waals surface area contributed by atoms with Gasteiger partial charge in [-0.25, -0.2) is 4.98 Å². The standard InChI is InChI=1S/C16H16BrN5O/c1-3-14(11-7-5-4-6-8-11)22-20-15(19-21-22)13-9-12(17)10-18-16(13)23-2/h4-10,14H,3H2,1-2H3. The van der Waals surface area contributed by atoms with E-state index in [1.54, 1.807) is 18.1 Å². The van der Waals surface area contributed by atoms with Gasteiger partial charge in [-0.1, -0.05) is 37.3 Å². The van der Waals surface area contributed by atoms with Crippen LogP contribution >= 0.6 is 15.9 Å². The van der Waals surface area contributed by atoms with E-state index in [9.17, 15) is 0 Å². The first-order valence-electron chi connectivity index (χ1n) is 7.27. The quantitative estimate of drug-likeness (QED) is 0.684. The molecule has 0 aliphatic heterocycles. The molecule has 1 unspecified atom stereocenters. The van der Waals surface area contributed by atoms with Crippen LogP contribution in [0.2, 0.25) is 0 Å². The van der Waals surface area contributed by atoms with Crippen LogP contribution in [0.25, 0.3) is 11.4 Å². The average molecular weight is 374 g/mol. The molecule has 1 aromatic carbocycles. The predicted molar refractivity (Wildman–Crippen MR) is 90.2 cm³/mol. The molecule has 0 aliphatic carbocycles. The first-order valence-corrected chi connectivity index (χ1v) is 8.06. The number of benzene rings is 1. The Morgan fingerprint density at radius 1 is 1.26 bits per heavy atom. The van der Waals surface area contributed by atoms with Crippen LogP contribution in [0, 0.1) is 0 Å². The monoisotopic (exact) mass is 373 g/mol. The SMILES string of the molecule is CCC(c1ccccc1)n1nnc(-c2cc(Br)cnc2OC)n1. The van der Waals surface area contributed by atoms with E-state index in [4.69, 9.17) is 4.74 Å². The Morgan fingerprint density at radius 3 is 2.74 bits per heavy atom. The van der Waals surface area contributed by atoms with Crippen LogP contribution < -0.4 is 4.74 Å². The van der Waals surface area contributed by atoms with Crippen molar-refractivity contribution >= 4 is 15.9 Å². The zero-order valence-electron chi connectivity index (χ0n) is 12.8. The third-order valence-corrected chi connectivity index (χ3v) is 3.96. The molecule has 0 saturated carbocycles. The van der Waals surface area contributed by atoms with Gasteiger partial charge in [0.25, 0.3) is 0 Å². The van der Waals surface area contributed by atoms with Crippen LogP contribution in [0.15, 0.2) is 47.1 Å². The van der Waals surface area contributed by atoms with E-state index < -0.39 is 0 Å². The second-order valence-electron chi connectivity index (χ2n) is 4.98. The normalized spacial score (nSPS) is 12.1.